The average Bonchev–Trinajstić information content (AvgIpc) is 3.01. The van der Waals surface area contributed by atoms with Crippen molar-refractivity contribution in [2.45, 2.75) is 25.0 Å². The van der Waals surface area contributed by atoms with E-state index < -0.39 is 5.60 Å². The number of hydrogen-bond donors (Lipinski definition) is 2. The lowest BCUT2D eigenvalue weighted by molar-refractivity contribution is -0.0251. The normalized spacial score (nSPS) is 26.0. The van der Waals surface area contributed by atoms with Crippen LogP contribution >= 0.6 is 11.3 Å². The highest BCUT2D eigenvalue weighted by atomic mass is 32.1. The van der Waals surface area contributed by atoms with Crippen molar-refractivity contribution in [3.63, 3.8) is 0 Å². The molecule has 20 heavy (non-hydrogen) atoms. The minimum Gasteiger partial charge on any atom is -0.385 e. The summed E-state index contributed by atoms with van der Waals surface area (Å²) in [4.78, 5) is 12.8. The van der Waals surface area contributed by atoms with Crippen molar-refractivity contribution in [2.24, 2.45) is 0 Å². The smallest absolute Gasteiger partial charge is 0.261 e. The molecule has 2 unspecified atom stereocenters. The second kappa shape index (κ2) is 5.16. The highest BCUT2D eigenvalue weighted by molar-refractivity contribution is 7.20. The molecule has 106 valence electrons. The lowest BCUT2D eigenvalue weighted by Gasteiger charge is -2.25. The first kappa shape index (κ1) is 13.5. The van der Waals surface area contributed by atoms with Crippen molar-refractivity contribution in [3.8, 4) is 0 Å². The average molecular weight is 291 g/mol. The van der Waals surface area contributed by atoms with Crippen LogP contribution < -0.4 is 5.32 Å². The number of rotatable bonds is 3. The fourth-order valence-corrected chi connectivity index (χ4v) is 3.40. The van der Waals surface area contributed by atoms with Gasteiger partial charge in [-0.05, 0) is 24.4 Å². The van der Waals surface area contributed by atoms with Gasteiger partial charge in [-0.15, -0.1) is 11.3 Å². The van der Waals surface area contributed by atoms with Crippen molar-refractivity contribution in [2.75, 3.05) is 13.2 Å². The topological polar surface area (TPSA) is 58.6 Å². The number of fused-ring (bicyclic) bond motifs is 1. The second-order valence-corrected chi connectivity index (χ2v) is 6.28. The van der Waals surface area contributed by atoms with Crippen LogP contribution in [0.2, 0.25) is 0 Å². The van der Waals surface area contributed by atoms with E-state index in [9.17, 15) is 9.90 Å². The van der Waals surface area contributed by atoms with Crippen molar-refractivity contribution in [1.82, 2.24) is 5.32 Å². The van der Waals surface area contributed by atoms with Gasteiger partial charge in [0, 0.05) is 24.3 Å². The summed E-state index contributed by atoms with van der Waals surface area (Å²) in [6, 6.07) is 9.78. The zero-order valence-corrected chi connectivity index (χ0v) is 12.1. The molecule has 0 saturated carbocycles. The minimum atomic E-state index is -0.952. The lowest BCUT2D eigenvalue weighted by atomic mass is 9.97. The number of benzene rings is 1. The first-order valence-electron chi connectivity index (χ1n) is 6.69. The standard InChI is InChI=1S/C15H17NO3S/c1-10-15(18,6-7-19-10)9-16-14(17)13-8-11-4-2-3-5-12(11)20-13/h2-5,8,10,18H,6-7,9H2,1H3,(H,16,17). The van der Waals surface area contributed by atoms with Crippen LogP contribution in [-0.2, 0) is 4.74 Å². The summed E-state index contributed by atoms with van der Waals surface area (Å²) in [7, 11) is 0. The summed E-state index contributed by atoms with van der Waals surface area (Å²) in [5, 5.41) is 14.2. The monoisotopic (exact) mass is 291 g/mol. The molecule has 2 atom stereocenters. The third kappa shape index (κ3) is 2.44. The number of amides is 1. The van der Waals surface area contributed by atoms with Gasteiger partial charge in [-0.3, -0.25) is 4.79 Å². The predicted octanol–water partition coefficient (Wildman–Crippen LogP) is 2.17. The molecule has 1 saturated heterocycles. The highest BCUT2D eigenvalue weighted by Crippen LogP contribution is 2.27. The van der Waals surface area contributed by atoms with E-state index in [1.54, 1.807) is 0 Å². The third-order valence-corrected chi connectivity index (χ3v) is 4.98. The molecule has 2 N–H and O–H groups in total. The van der Waals surface area contributed by atoms with Gasteiger partial charge < -0.3 is 15.2 Å². The van der Waals surface area contributed by atoms with E-state index in [0.29, 0.717) is 17.9 Å². The number of ether oxygens (including phenoxy) is 1. The van der Waals surface area contributed by atoms with Crippen LogP contribution in [0.4, 0.5) is 0 Å². The van der Waals surface area contributed by atoms with Crippen molar-refractivity contribution >= 4 is 27.3 Å². The van der Waals surface area contributed by atoms with Gasteiger partial charge in [-0.2, -0.15) is 0 Å². The van der Waals surface area contributed by atoms with Gasteiger partial charge in [0.05, 0.1) is 11.0 Å². The van der Waals surface area contributed by atoms with Crippen LogP contribution in [0, 0.1) is 0 Å². The fourth-order valence-electron chi connectivity index (χ4n) is 2.42. The number of carbonyl (C=O) groups excluding carboxylic acids is 1. The molecule has 1 fully saturated rings. The van der Waals surface area contributed by atoms with E-state index in [2.05, 4.69) is 5.32 Å². The second-order valence-electron chi connectivity index (χ2n) is 5.20. The molecule has 5 heteroatoms. The molecule has 3 rings (SSSR count). The van der Waals surface area contributed by atoms with E-state index in [0.717, 1.165) is 10.1 Å². The van der Waals surface area contributed by atoms with Gasteiger partial charge in [0.1, 0.15) is 5.60 Å². The summed E-state index contributed by atoms with van der Waals surface area (Å²) in [5.41, 5.74) is -0.952. The summed E-state index contributed by atoms with van der Waals surface area (Å²) in [6.07, 6.45) is 0.311. The molecule has 1 aliphatic heterocycles. The molecule has 1 aromatic heterocycles. The largest absolute Gasteiger partial charge is 0.385 e. The molecule has 0 spiro atoms. The number of carbonyl (C=O) groups is 1. The van der Waals surface area contributed by atoms with Gasteiger partial charge >= 0.3 is 0 Å². The zero-order chi connectivity index (χ0) is 14.2. The number of nitrogens with one attached hydrogen (secondary N) is 1. The summed E-state index contributed by atoms with van der Waals surface area (Å²) >= 11 is 1.46. The maximum atomic E-state index is 12.2. The fraction of sp³-hybridized carbons (Fsp3) is 0.400. The summed E-state index contributed by atoms with van der Waals surface area (Å²) in [5.74, 6) is -0.140. The quantitative estimate of drug-likeness (QED) is 0.911. The molecule has 1 aromatic carbocycles. The molecule has 4 nitrogen and oxygen atoms in total. The molecule has 0 radical (unpaired) electrons. The molecule has 2 heterocycles. The summed E-state index contributed by atoms with van der Waals surface area (Å²) < 4.78 is 6.45. The van der Waals surface area contributed by atoms with Crippen molar-refractivity contribution < 1.29 is 14.6 Å². The molecule has 2 aromatic rings. The Kier molecular flexibility index (Phi) is 3.50. The Morgan fingerprint density at radius 3 is 3.05 bits per heavy atom. The Balaban J connectivity index is 1.70. The zero-order valence-electron chi connectivity index (χ0n) is 11.3. The Morgan fingerprint density at radius 2 is 2.35 bits per heavy atom. The van der Waals surface area contributed by atoms with E-state index >= 15 is 0 Å². The Bertz CT molecular complexity index is 606. The van der Waals surface area contributed by atoms with E-state index in [1.807, 2.05) is 37.3 Å². The molecular formula is C15H17NO3S. The SMILES string of the molecule is CC1OCCC1(O)CNC(=O)c1cc2ccccc2s1. The van der Waals surface area contributed by atoms with Gasteiger partial charge in [0.2, 0.25) is 0 Å². The Labute approximate surface area is 121 Å². The molecule has 1 aliphatic rings. The van der Waals surface area contributed by atoms with Gasteiger partial charge in [0.15, 0.2) is 0 Å². The van der Waals surface area contributed by atoms with Gasteiger partial charge in [0.25, 0.3) is 5.91 Å². The van der Waals surface area contributed by atoms with E-state index in [4.69, 9.17) is 4.74 Å². The van der Waals surface area contributed by atoms with Crippen LogP contribution in [0.1, 0.15) is 23.0 Å². The predicted molar refractivity (Wildman–Crippen MR) is 79.1 cm³/mol. The van der Waals surface area contributed by atoms with Crippen LogP contribution in [0.25, 0.3) is 10.1 Å². The number of aliphatic hydroxyl groups is 1. The van der Waals surface area contributed by atoms with Crippen molar-refractivity contribution in [1.29, 1.82) is 0 Å². The molecular weight excluding hydrogens is 274 g/mol. The Hall–Kier alpha value is -1.43. The first-order valence-corrected chi connectivity index (χ1v) is 7.51. The number of thiophene rings is 1. The van der Waals surface area contributed by atoms with Gasteiger partial charge in [-0.1, -0.05) is 18.2 Å². The minimum absolute atomic E-state index is 0.140. The molecule has 1 amide bonds. The van der Waals surface area contributed by atoms with Gasteiger partial charge in [-0.25, -0.2) is 0 Å². The van der Waals surface area contributed by atoms with Crippen LogP contribution in [0.5, 0.6) is 0 Å². The van der Waals surface area contributed by atoms with Crippen LogP contribution in [0.15, 0.2) is 30.3 Å². The lowest BCUT2D eigenvalue weighted by Crippen LogP contribution is -2.47. The maximum absolute atomic E-state index is 12.2. The first-order chi connectivity index (χ1) is 9.58. The van der Waals surface area contributed by atoms with E-state index in [-0.39, 0.29) is 18.6 Å². The molecule has 0 bridgehead atoms. The Morgan fingerprint density at radius 1 is 1.55 bits per heavy atom. The maximum Gasteiger partial charge on any atom is 0.261 e. The highest BCUT2D eigenvalue weighted by Gasteiger charge is 2.39. The summed E-state index contributed by atoms with van der Waals surface area (Å²) in [6.45, 7) is 2.59. The number of hydrogen-bond acceptors (Lipinski definition) is 4. The van der Waals surface area contributed by atoms with Crippen molar-refractivity contribution in [3.05, 3.63) is 35.2 Å². The van der Waals surface area contributed by atoms with E-state index in [1.165, 1.54) is 11.3 Å². The third-order valence-electron chi connectivity index (χ3n) is 3.86. The molecule has 0 aliphatic carbocycles. The van der Waals surface area contributed by atoms with Crippen LogP contribution in [0.3, 0.4) is 0 Å². The van der Waals surface area contributed by atoms with Crippen LogP contribution in [-0.4, -0.2) is 35.9 Å².